The van der Waals surface area contributed by atoms with Crippen LogP contribution in [-0.2, 0) is 5.41 Å². The Morgan fingerprint density at radius 1 is 1.00 bits per heavy atom. The number of nitrogen functional groups attached to an aromatic ring is 1. The number of hydrogen-bond acceptors (Lipinski definition) is 6. The molecular formula is C16H16N6. The van der Waals surface area contributed by atoms with Crippen molar-refractivity contribution < 1.29 is 0 Å². The average molecular weight is 292 g/mol. The van der Waals surface area contributed by atoms with Gasteiger partial charge < -0.3 is 10.6 Å². The van der Waals surface area contributed by atoms with Gasteiger partial charge in [-0.1, -0.05) is 0 Å². The molecule has 3 rings (SSSR count). The van der Waals surface area contributed by atoms with Crippen LogP contribution in [0.1, 0.15) is 48.8 Å². The van der Waals surface area contributed by atoms with E-state index in [9.17, 15) is 15.8 Å². The second-order valence-electron chi connectivity index (χ2n) is 5.91. The summed E-state index contributed by atoms with van der Waals surface area (Å²) in [5, 5.41) is 28.6. The van der Waals surface area contributed by atoms with E-state index in [-0.39, 0.29) is 11.4 Å². The third-order valence-corrected chi connectivity index (χ3v) is 4.53. The molecule has 0 unspecified atom stereocenters. The van der Waals surface area contributed by atoms with Gasteiger partial charge in [0.2, 0.25) is 0 Å². The van der Waals surface area contributed by atoms with Gasteiger partial charge in [0.1, 0.15) is 34.9 Å². The quantitative estimate of drug-likeness (QED) is 0.891. The smallest absolute Gasteiger partial charge is 0.149 e. The molecule has 2 N–H and O–H groups in total. The molecular weight excluding hydrogens is 276 g/mol. The lowest BCUT2D eigenvalue weighted by Gasteiger charge is -2.30. The van der Waals surface area contributed by atoms with Gasteiger partial charge >= 0.3 is 0 Å². The number of pyridine rings is 1. The number of nitrogens with two attached hydrogens (primary N) is 1. The van der Waals surface area contributed by atoms with E-state index in [2.05, 4.69) is 22.0 Å². The Morgan fingerprint density at radius 3 is 2.14 bits per heavy atom. The molecule has 0 atom stereocenters. The Labute approximate surface area is 129 Å². The number of nitrogens with zero attached hydrogens (tertiary/aromatic N) is 5. The van der Waals surface area contributed by atoms with Crippen molar-refractivity contribution >= 4 is 11.6 Å². The summed E-state index contributed by atoms with van der Waals surface area (Å²) in [6, 6.07) is 6.49. The highest BCUT2D eigenvalue weighted by molar-refractivity contribution is 5.72. The van der Waals surface area contributed by atoms with E-state index in [1.54, 1.807) is 0 Å². The maximum Gasteiger partial charge on any atom is 0.149 e. The first-order valence-corrected chi connectivity index (χ1v) is 7.47. The molecule has 6 heteroatoms. The third kappa shape index (κ3) is 2.03. The molecule has 0 spiro atoms. The molecule has 0 radical (unpaired) electrons. The molecule has 1 aromatic heterocycles. The van der Waals surface area contributed by atoms with Crippen LogP contribution in [0.2, 0.25) is 0 Å². The number of piperidine rings is 1. The molecule has 0 aromatic carbocycles. The van der Waals surface area contributed by atoms with Gasteiger partial charge in [0, 0.05) is 18.7 Å². The molecule has 2 aliphatic rings. The van der Waals surface area contributed by atoms with E-state index in [0.717, 1.165) is 25.9 Å². The van der Waals surface area contributed by atoms with Crippen LogP contribution >= 0.6 is 0 Å². The SMILES string of the molecule is N#Cc1c(N)nc(N2CCCCC2)c(C#N)c1C1(C#N)CC1. The molecule has 110 valence electrons. The fourth-order valence-corrected chi connectivity index (χ4v) is 3.17. The zero-order chi connectivity index (χ0) is 15.7. The Morgan fingerprint density at radius 2 is 1.64 bits per heavy atom. The minimum Gasteiger partial charge on any atom is -0.383 e. The van der Waals surface area contributed by atoms with Gasteiger partial charge in [0.25, 0.3) is 0 Å². The average Bonchev–Trinajstić information content (AvgIpc) is 3.35. The van der Waals surface area contributed by atoms with Crippen molar-refractivity contribution in [3.63, 3.8) is 0 Å². The van der Waals surface area contributed by atoms with E-state index < -0.39 is 5.41 Å². The van der Waals surface area contributed by atoms with Gasteiger partial charge in [-0.05, 0) is 32.1 Å². The normalized spacial score (nSPS) is 18.9. The molecule has 1 saturated carbocycles. The van der Waals surface area contributed by atoms with Crippen LogP contribution in [0.15, 0.2) is 0 Å². The first kappa shape index (κ1) is 14.2. The Hall–Kier alpha value is -2.78. The van der Waals surface area contributed by atoms with Crippen LogP contribution in [-0.4, -0.2) is 18.1 Å². The van der Waals surface area contributed by atoms with Crippen molar-refractivity contribution in [2.45, 2.75) is 37.5 Å². The summed E-state index contributed by atoms with van der Waals surface area (Å²) in [5.41, 5.74) is 6.26. The van der Waals surface area contributed by atoms with Crippen molar-refractivity contribution in [1.29, 1.82) is 15.8 Å². The molecule has 0 bridgehead atoms. The van der Waals surface area contributed by atoms with E-state index in [1.165, 1.54) is 6.42 Å². The third-order valence-electron chi connectivity index (χ3n) is 4.53. The fourth-order valence-electron chi connectivity index (χ4n) is 3.17. The van der Waals surface area contributed by atoms with Gasteiger partial charge in [0.05, 0.1) is 11.5 Å². The molecule has 0 amide bonds. The highest BCUT2D eigenvalue weighted by atomic mass is 15.2. The summed E-state index contributed by atoms with van der Waals surface area (Å²) in [4.78, 5) is 6.38. The number of nitriles is 3. The molecule has 1 saturated heterocycles. The van der Waals surface area contributed by atoms with Crippen molar-refractivity contribution in [2.75, 3.05) is 23.7 Å². The summed E-state index contributed by atoms with van der Waals surface area (Å²) in [5.74, 6) is 0.661. The topological polar surface area (TPSA) is 114 Å². The Balaban J connectivity index is 2.23. The van der Waals surface area contributed by atoms with Crippen LogP contribution in [0.4, 0.5) is 11.6 Å². The van der Waals surface area contributed by atoms with E-state index in [1.807, 2.05) is 6.07 Å². The largest absolute Gasteiger partial charge is 0.383 e. The van der Waals surface area contributed by atoms with Crippen LogP contribution in [0, 0.1) is 34.0 Å². The van der Waals surface area contributed by atoms with Gasteiger partial charge in [-0.25, -0.2) is 4.98 Å². The van der Waals surface area contributed by atoms with Crippen molar-refractivity contribution in [2.24, 2.45) is 0 Å². The van der Waals surface area contributed by atoms with Crippen molar-refractivity contribution in [1.82, 2.24) is 4.98 Å². The van der Waals surface area contributed by atoms with Crippen LogP contribution < -0.4 is 10.6 Å². The summed E-state index contributed by atoms with van der Waals surface area (Å²) >= 11 is 0. The Kier molecular flexibility index (Phi) is 3.35. The van der Waals surface area contributed by atoms with Crippen LogP contribution in [0.5, 0.6) is 0 Å². The zero-order valence-electron chi connectivity index (χ0n) is 12.3. The predicted octanol–water partition coefficient (Wildman–Crippen LogP) is 1.95. The molecule has 2 fully saturated rings. The summed E-state index contributed by atoms with van der Waals surface area (Å²) in [6.45, 7) is 1.65. The maximum atomic E-state index is 9.65. The zero-order valence-corrected chi connectivity index (χ0v) is 12.3. The monoisotopic (exact) mass is 292 g/mol. The van der Waals surface area contributed by atoms with E-state index in [4.69, 9.17) is 5.73 Å². The number of rotatable bonds is 2. The maximum absolute atomic E-state index is 9.65. The molecule has 22 heavy (non-hydrogen) atoms. The fraction of sp³-hybridized carbons (Fsp3) is 0.500. The lowest BCUT2D eigenvalue weighted by molar-refractivity contribution is 0.573. The van der Waals surface area contributed by atoms with Gasteiger partial charge in [-0.15, -0.1) is 0 Å². The predicted molar refractivity (Wildman–Crippen MR) is 80.7 cm³/mol. The summed E-state index contributed by atoms with van der Waals surface area (Å²) in [7, 11) is 0. The van der Waals surface area contributed by atoms with E-state index >= 15 is 0 Å². The summed E-state index contributed by atoms with van der Waals surface area (Å²) in [6.07, 6.45) is 4.58. The first-order chi connectivity index (χ1) is 10.7. The lowest BCUT2D eigenvalue weighted by atomic mass is 9.89. The van der Waals surface area contributed by atoms with Gasteiger partial charge in [-0.2, -0.15) is 15.8 Å². The van der Waals surface area contributed by atoms with Crippen LogP contribution in [0.3, 0.4) is 0 Å². The summed E-state index contributed by atoms with van der Waals surface area (Å²) < 4.78 is 0. The molecule has 1 aliphatic heterocycles. The number of aromatic nitrogens is 1. The molecule has 1 aliphatic carbocycles. The van der Waals surface area contributed by atoms with E-state index in [0.29, 0.717) is 29.8 Å². The second-order valence-corrected chi connectivity index (χ2v) is 5.91. The minimum atomic E-state index is -0.738. The van der Waals surface area contributed by atoms with Crippen molar-refractivity contribution in [3.05, 3.63) is 16.7 Å². The molecule has 2 heterocycles. The number of hydrogen-bond donors (Lipinski definition) is 1. The Bertz CT molecular complexity index is 736. The minimum absolute atomic E-state index is 0.124. The standard InChI is InChI=1S/C16H16N6/c17-8-11-13(16(10-19)4-5-16)12(9-18)15(21-14(11)20)22-6-2-1-3-7-22/h1-7H2,(H2,20,21). The van der Waals surface area contributed by atoms with Gasteiger partial charge in [0.15, 0.2) is 0 Å². The van der Waals surface area contributed by atoms with Crippen molar-refractivity contribution in [3.8, 4) is 18.2 Å². The van der Waals surface area contributed by atoms with Crippen LogP contribution in [0.25, 0.3) is 0 Å². The lowest BCUT2D eigenvalue weighted by Crippen LogP contribution is -2.32. The second kappa shape index (κ2) is 5.20. The number of anilines is 2. The highest BCUT2D eigenvalue weighted by Gasteiger charge is 2.49. The first-order valence-electron chi connectivity index (χ1n) is 7.47. The van der Waals surface area contributed by atoms with Gasteiger partial charge in [-0.3, -0.25) is 0 Å². The molecule has 1 aromatic rings. The highest BCUT2D eigenvalue weighted by Crippen LogP contribution is 2.51. The molecule has 6 nitrogen and oxygen atoms in total.